The highest BCUT2D eigenvalue weighted by molar-refractivity contribution is 5.86. The average molecular weight is 489 g/mol. The van der Waals surface area contributed by atoms with E-state index < -0.39 is 11.6 Å². The van der Waals surface area contributed by atoms with Crippen LogP contribution in [-0.2, 0) is 11.2 Å². The van der Waals surface area contributed by atoms with E-state index in [1.807, 2.05) is 33.8 Å². The summed E-state index contributed by atoms with van der Waals surface area (Å²) in [7, 11) is 0. The van der Waals surface area contributed by atoms with E-state index in [1.54, 1.807) is 33.8 Å². The number of carbonyl (C=O) groups is 1. The molecule has 196 valence electrons. The minimum Gasteiger partial charge on any atom is -0.481 e. The third-order valence-corrected chi connectivity index (χ3v) is 5.88. The molecule has 3 rings (SSSR count). The molecule has 1 saturated heterocycles. The van der Waals surface area contributed by atoms with E-state index in [2.05, 4.69) is 23.7 Å². The molecule has 35 heavy (non-hydrogen) atoms. The van der Waals surface area contributed by atoms with Crippen LogP contribution in [0, 0.1) is 32.0 Å². The molecule has 0 spiro atoms. The molecule has 0 atom stereocenters. The summed E-state index contributed by atoms with van der Waals surface area (Å²) >= 11 is 0. The standard InChI is InChI=1S/C23H29FN2O2.C4H10O.C2H6/c1-14-6-7-17(12-19(14)24)21-16(3)25-15(2)18(13-20(27)28)22(21)26-10-8-23(4,5)9-11-26;1-4(2,3)5;1-2/h6-7,12H,8-11,13H2,1-5H3,(H,27,28);5H,1-3H3;1-2H3. The molecule has 0 amide bonds. The van der Waals surface area contributed by atoms with Crippen LogP contribution in [0.2, 0.25) is 0 Å². The van der Waals surface area contributed by atoms with Gasteiger partial charge in [0.1, 0.15) is 5.82 Å². The minimum absolute atomic E-state index is 0.0876. The number of aliphatic carboxylic acids is 1. The second-order valence-corrected chi connectivity index (χ2v) is 10.8. The van der Waals surface area contributed by atoms with Gasteiger partial charge in [-0.1, -0.05) is 39.8 Å². The monoisotopic (exact) mass is 488 g/mol. The Kier molecular flexibility index (Phi) is 10.9. The molecular formula is C29H45FN2O3. The second-order valence-electron chi connectivity index (χ2n) is 10.8. The first kappa shape index (κ1) is 30.6. The SMILES string of the molecule is CC.CC(C)(C)O.Cc1ccc(-c2c(C)nc(C)c(CC(=O)O)c2N2CCC(C)(C)CC2)cc1F. The molecular weight excluding hydrogens is 443 g/mol. The largest absolute Gasteiger partial charge is 0.481 e. The fraction of sp³-hybridized carbons (Fsp3) is 0.586. The Labute approximate surface area is 211 Å². The molecule has 1 aliphatic rings. The van der Waals surface area contributed by atoms with Crippen molar-refractivity contribution >= 4 is 11.7 Å². The lowest BCUT2D eigenvalue weighted by Gasteiger charge is -2.40. The van der Waals surface area contributed by atoms with Crippen LogP contribution in [0.4, 0.5) is 10.1 Å². The summed E-state index contributed by atoms with van der Waals surface area (Å²) in [6, 6.07) is 5.21. The van der Waals surface area contributed by atoms with Gasteiger partial charge in [-0.05, 0) is 77.0 Å². The molecule has 6 heteroatoms. The van der Waals surface area contributed by atoms with E-state index in [9.17, 15) is 14.3 Å². The van der Waals surface area contributed by atoms with Crippen molar-refractivity contribution in [3.63, 3.8) is 0 Å². The molecule has 2 aromatic rings. The van der Waals surface area contributed by atoms with Crippen LogP contribution in [0.3, 0.4) is 0 Å². The number of aromatic nitrogens is 1. The number of carboxylic acid groups (broad SMARTS) is 1. The van der Waals surface area contributed by atoms with Crippen LogP contribution in [0.5, 0.6) is 0 Å². The lowest BCUT2D eigenvalue weighted by Crippen LogP contribution is -2.38. The summed E-state index contributed by atoms with van der Waals surface area (Å²) in [5, 5.41) is 18.0. The number of nitrogens with zero attached hydrogens (tertiary/aromatic N) is 2. The van der Waals surface area contributed by atoms with Gasteiger partial charge in [-0.2, -0.15) is 0 Å². The summed E-state index contributed by atoms with van der Waals surface area (Å²) in [5.41, 5.74) is 5.13. The Bertz CT molecular complexity index is 994. The second kappa shape index (κ2) is 12.5. The smallest absolute Gasteiger partial charge is 0.307 e. The lowest BCUT2D eigenvalue weighted by atomic mass is 9.82. The molecule has 1 aliphatic heterocycles. The van der Waals surface area contributed by atoms with Crippen molar-refractivity contribution < 1.29 is 19.4 Å². The van der Waals surface area contributed by atoms with Crippen LogP contribution in [0.15, 0.2) is 18.2 Å². The maximum absolute atomic E-state index is 14.3. The zero-order valence-electron chi connectivity index (χ0n) is 23.3. The first-order valence-electron chi connectivity index (χ1n) is 12.5. The van der Waals surface area contributed by atoms with Crippen molar-refractivity contribution in [3.05, 3.63) is 46.5 Å². The highest BCUT2D eigenvalue weighted by Crippen LogP contribution is 2.41. The van der Waals surface area contributed by atoms with Crippen molar-refractivity contribution in [2.45, 2.75) is 94.1 Å². The Morgan fingerprint density at radius 3 is 2.06 bits per heavy atom. The summed E-state index contributed by atoms with van der Waals surface area (Å²) < 4.78 is 14.3. The molecule has 2 N–H and O–H groups in total. The molecule has 2 heterocycles. The van der Waals surface area contributed by atoms with E-state index in [0.717, 1.165) is 59.7 Å². The van der Waals surface area contributed by atoms with Crippen molar-refractivity contribution in [2.75, 3.05) is 18.0 Å². The van der Waals surface area contributed by atoms with Gasteiger partial charge in [0.05, 0.1) is 17.7 Å². The quantitative estimate of drug-likeness (QED) is 0.491. The van der Waals surface area contributed by atoms with Crippen LogP contribution >= 0.6 is 0 Å². The third-order valence-electron chi connectivity index (χ3n) is 5.88. The number of benzene rings is 1. The zero-order chi connectivity index (χ0) is 27.1. The van der Waals surface area contributed by atoms with Crippen molar-refractivity contribution in [2.24, 2.45) is 5.41 Å². The highest BCUT2D eigenvalue weighted by atomic mass is 19.1. The number of hydrogen-bond acceptors (Lipinski definition) is 4. The van der Waals surface area contributed by atoms with Crippen LogP contribution in [0.1, 0.15) is 83.8 Å². The maximum Gasteiger partial charge on any atom is 0.307 e. The molecule has 0 aliphatic carbocycles. The molecule has 1 aromatic heterocycles. The van der Waals surface area contributed by atoms with Gasteiger partial charge in [0.15, 0.2) is 0 Å². The van der Waals surface area contributed by atoms with Crippen molar-refractivity contribution in [3.8, 4) is 11.1 Å². The first-order chi connectivity index (χ1) is 16.1. The molecule has 0 radical (unpaired) electrons. The predicted octanol–water partition coefficient (Wildman–Crippen LogP) is 6.87. The summed E-state index contributed by atoms with van der Waals surface area (Å²) in [4.78, 5) is 18.5. The van der Waals surface area contributed by atoms with Crippen molar-refractivity contribution in [1.29, 1.82) is 0 Å². The van der Waals surface area contributed by atoms with Gasteiger partial charge in [0.2, 0.25) is 0 Å². The summed E-state index contributed by atoms with van der Waals surface area (Å²) in [5.74, 6) is -1.14. The molecule has 5 nitrogen and oxygen atoms in total. The molecule has 0 saturated carbocycles. The van der Waals surface area contributed by atoms with Gasteiger partial charge in [-0.15, -0.1) is 0 Å². The van der Waals surface area contributed by atoms with E-state index in [1.165, 1.54) is 6.07 Å². The molecule has 0 bridgehead atoms. The summed E-state index contributed by atoms with van der Waals surface area (Å²) in [6.07, 6.45) is 1.97. The van der Waals surface area contributed by atoms with Crippen LogP contribution in [-0.4, -0.2) is 39.9 Å². The number of anilines is 1. The van der Waals surface area contributed by atoms with E-state index >= 15 is 0 Å². The van der Waals surface area contributed by atoms with Gasteiger partial charge in [0, 0.05) is 35.6 Å². The number of carboxylic acids is 1. The molecule has 1 fully saturated rings. The minimum atomic E-state index is -0.881. The highest BCUT2D eigenvalue weighted by Gasteiger charge is 2.30. The molecule has 1 aromatic carbocycles. The fourth-order valence-electron chi connectivity index (χ4n) is 4.01. The third kappa shape index (κ3) is 9.25. The number of halogens is 1. The Balaban J connectivity index is 0.000000779. The number of rotatable bonds is 4. The number of aliphatic hydroxyl groups is 1. The van der Waals surface area contributed by atoms with E-state index in [-0.39, 0.29) is 17.7 Å². The number of pyridine rings is 1. The number of piperidine rings is 1. The van der Waals surface area contributed by atoms with Crippen LogP contribution < -0.4 is 4.90 Å². The van der Waals surface area contributed by atoms with Gasteiger partial charge in [-0.3, -0.25) is 9.78 Å². The van der Waals surface area contributed by atoms with Gasteiger partial charge >= 0.3 is 5.97 Å². The topological polar surface area (TPSA) is 73.7 Å². The Morgan fingerprint density at radius 1 is 1.09 bits per heavy atom. The fourth-order valence-corrected chi connectivity index (χ4v) is 4.01. The predicted molar refractivity (Wildman–Crippen MR) is 144 cm³/mol. The zero-order valence-corrected chi connectivity index (χ0v) is 23.3. The van der Waals surface area contributed by atoms with Gasteiger partial charge < -0.3 is 15.1 Å². The summed E-state index contributed by atoms with van der Waals surface area (Å²) in [6.45, 7) is 21.0. The first-order valence-corrected chi connectivity index (χ1v) is 12.5. The Morgan fingerprint density at radius 2 is 1.60 bits per heavy atom. The average Bonchev–Trinajstić information content (AvgIpc) is 2.72. The van der Waals surface area contributed by atoms with Crippen LogP contribution in [0.25, 0.3) is 11.1 Å². The normalized spacial score (nSPS) is 14.9. The maximum atomic E-state index is 14.3. The number of hydrogen-bond donors (Lipinski definition) is 2. The lowest BCUT2D eigenvalue weighted by molar-refractivity contribution is -0.136. The van der Waals surface area contributed by atoms with E-state index in [0.29, 0.717) is 5.56 Å². The molecule has 0 unspecified atom stereocenters. The Hall–Kier alpha value is -2.47. The van der Waals surface area contributed by atoms with Gasteiger partial charge in [-0.25, -0.2) is 4.39 Å². The number of aryl methyl sites for hydroxylation is 3. The van der Waals surface area contributed by atoms with Gasteiger partial charge in [0.25, 0.3) is 0 Å². The van der Waals surface area contributed by atoms with Crippen molar-refractivity contribution in [1.82, 2.24) is 4.98 Å². The van der Waals surface area contributed by atoms with E-state index in [4.69, 9.17) is 5.11 Å².